The lowest BCUT2D eigenvalue weighted by molar-refractivity contribution is 0.0873. The van der Waals surface area contributed by atoms with Gasteiger partial charge in [-0.2, -0.15) is 10.1 Å². The van der Waals surface area contributed by atoms with E-state index in [4.69, 9.17) is 10.3 Å². The van der Waals surface area contributed by atoms with Crippen LogP contribution in [0.3, 0.4) is 0 Å². The standard InChI is InChI=1S/C19H28N6O2/c1-12-14(13(2)25(3)23-12)15(26)22-19(10-6-7-11-19)17-21-16(24-27-17)18(20)8-4-5-9-18/h4-11,20H2,1-3H3,(H,22,26). The van der Waals surface area contributed by atoms with Gasteiger partial charge >= 0.3 is 0 Å². The number of carbonyl (C=O) groups excluding carboxylic acids is 1. The van der Waals surface area contributed by atoms with E-state index in [2.05, 4.69) is 20.6 Å². The molecular weight excluding hydrogens is 344 g/mol. The minimum atomic E-state index is -0.619. The number of amides is 1. The second-order valence-corrected chi connectivity index (χ2v) is 8.20. The van der Waals surface area contributed by atoms with Gasteiger partial charge in [-0.05, 0) is 39.5 Å². The van der Waals surface area contributed by atoms with E-state index in [1.165, 1.54) is 0 Å². The van der Waals surface area contributed by atoms with Crippen molar-refractivity contribution in [3.8, 4) is 0 Å². The molecule has 2 fully saturated rings. The molecule has 0 aromatic carbocycles. The van der Waals surface area contributed by atoms with E-state index >= 15 is 0 Å². The van der Waals surface area contributed by atoms with Crippen LogP contribution in [0.15, 0.2) is 4.52 Å². The molecule has 2 heterocycles. The van der Waals surface area contributed by atoms with Crippen molar-refractivity contribution >= 4 is 5.91 Å². The number of hydrogen-bond donors (Lipinski definition) is 2. The summed E-state index contributed by atoms with van der Waals surface area (Å²) in [7, 11) is 1.84. The highest BCUT2D eigenvalue weighted by Gasteiger charge is 2.45. The van der Waals surface area contributed by atoms with Gasteiger partial charge in [-0.25, -0.2) is 0 Å². The Morgan fingerprint density at radius 2 is 1.78 bits per heavy atom. The smallest absolute Gasteiger partial charge is 0.255 e. The second-order valence-electron chi connectivity index (χ2n) is 8.20. The maximum Gasteiger partial charge on any atom is 0.255 e. The highest BCUT2D eigenvalue weighted by Crippen LogP contribution is 2.40. The van der Waals surface area contributed by atoms with E-state index in [9.17, 15) is 4.79 Å². The number of rotatable bonds is 4. The van der Waals surface area contributed by atoms with Crippen LogP contribution in [0.4, 0.5) is 0 Å². The number of hydrogen-bond acceptors (Lipinski definition) is 6. The first-order chi connectivity index (χ1) is 12.8. The highest BCUT2D eigenvalue weighted by molar-refractivity contribution is 5.96. The molecule has 0 radical (unpaired) electrons. The van der Waals surface area contributed by atoms with Gasteiger partial charge in [-0.1, -0.05) is 30.8 Å². The van der Waals surface area contributed by atoms with Gasteiger partial charge in [0, 0.05) is 12.7 Å². The molecule has 0 spiro atoms. The van der Waals surface area contributed by atoms with Gasteiger partial charge in [0.2, 0.25) is 0 Å². The first-order valence-electron chi connectivity index (χ1n) is 9.81. The Morgan fingerprint density at radius 3 is 2.37 bits per heavy atom. The molecule has 2 aromatic rings. The SMILES string of the molecule is Cc1nn(C)c(C)c1C(=O)NC1(c2nc(C3(N)CCCC3)no2)CCCC1. The first-order valence-corrected chi connectivity index (χ1v) is 9.81. The van der Waals surface area contributed by atoms with Gasteiger partial charge in [0.1, 0.15) is 5.54 Å². The maximum absolute atomic E-state index is 13.1. The molecular formula is C19H28N6O2. The van der Waals surface area contributed by atoms with E-state index in [0.717, 1.165) is 62.8 Å². The van der Waals surface area contributed by atoms with Crippen molar-refractivity contribution in [2.24, 2.45) is 12.8 Å². The summed E-state index contributed by atoms with van der Waals surface area (Å²) in [6, 6.07) is 0. The molecule has 3 N–H and O–H groups in total. The summed E-state index contributed by atoms with van der Waals surface area (Å²) in [6.45, 7) is 3.76. The van der Waals surface area contributed by atoms with Gasteiger partial charge in [-0.15, -0.1) is 0 Å². The van der Waals surface area contributed by atoms with Crippen LogP contribution in [0, 0.1) is 13.8 Å². The summed E-state index contributed by atoms with van der Waals surface area (Å²) in [5, 5.41) is 11.8. The van der Waals surface area contributed by atoms with Crippen LogP contribution in [0.1, 0.15) is 84.8 Å². The Balaban J connectivity index is 1.64. The first kappa shape index (κ1) is 18.2. The molecule has 27 heavy (non-hydrogen) atoms. The van der Waals surface area contributed by atoms with Gasteiger partial charge < -0.3 is 15.6 Å². The third-order valence-corrected chi connectivity index (χ3v) is 6.32. The largest absolute Gasteiger partial charge is 0.337 e. The lowest BCUT2D eigenvalue weighted by Crippen LogP contribution is -2.44. The molecule has 4 rings (SSSR count). The minimum absolute atomic E-state index is 0.136. The number of aromatic nitrogens is 4. The molecule has 1 amide bonds. The molecule has 0 saturated heterocycles. The normalized spacial score (nSPS) is 20.9. The quantitative estimate of drug-likeness (QED) is 0.852. The fourth-order valence-corrected chi connectivity index (χ4v) is 4.60. The third kappa shape index (κ3) is 2.96. The number of nitrogens with two attached hydrogens (primary N) is 1. The molecule has 146 valence electrons. The van der Waals surface area contributed by atoms with Crippen molar-refractivity contribution in [2.75, 3.05) is 0 Å². The third-order valence-electron chi connectivity index (χ3n) is 6.32. The van der Waals surface area contributed by atoms with Gasteiger partial charge in [0.05, 0.1) is 16.8 Å². The minimum Gasteiger partial charge on any atom is -0.337 e. The summed E-state index contributed by atoms with van der Waals surface area (Å²) in [5.74, 6) is 0.923. The fraction of sp³-hybridized carbons (Fsp3) is 0.684. The van der Waals surface area contributed by atoms with E-state index in [1.807, 2.05) is 20.9 Å². The Morgan fingerprint density at radius 1 is 1.15 bits per heavy atom. The van der Waals surface area contributed by atoms with E-state index < -0.39 is 11.1 Å². The number of aryl methyl sites for hydroxylation is 2. The zero-order valence-electron chi connectivity index (χ0n) is 16.3. The zero-order valence-corrected chi connectivity index (χ0v) is 16.3. The number of nitrogens with zero attached hydrogens (tertiary/aromatic N) is 4. The molecule has 2 saturated carbocycles. The summed E-state index contributed by atoms with van der Waals surface area (Å²) >= 11 is 0. The van der Waals surface area contributed by atoms with Crippen molar-refractivity contribution < 1.29 is 9.32 Å². The fourth-order valence-electron chi connectivity index (χ4n) is 4.60. The van der Waals surface area contributed by atoms with E-state index in [-0.39, 0.29) is 5.91 Å². The van der Waals surface area contributed by atoms with Crippen LogP contribution in [-0.4, -0.2) is 25.8 Å². The van der Waals surface area contributed by atoms with Crippen molar-refractivity contribution in [3.63, 3.8) is 0 Å². The monoisotopic (exact) mass is 372 g/mol. The predicted octanol–water partition coefficient (Wildman–Crippen LogP) is 2.35. The van der Waals surface area contributed by atoms with Crippen molar-refractivity contribution in [1.82, 2.24) is 25.2 Å². The Kier molecular flexibility index (Phi) is 4.33. The molecule has 2 aliphatic carbocycles. The lowest BCUT2D eigenvalue weighted by Gasteiger charge is -2.26. The van der Waals surface area contributed by atoms with Crippen molar-refractivity contribution in [1.29, 1.82) is 0 Å². The zero-order chi connectivity index (χ0) is 19.2. The van der Waals surface area contributed by atoms with Crippen LogP contribution < -0.4 is 11.1 Å². The van der Waals surface area contributed by atoms with Gasteiger partial charge in [-0.3, -0.25) is 9.48 Å². The molecule has 0 bridgehead atoms. The molecule has 2 aliphatic rings. The van der Waals surface area contributed by atoms with Crippen LogP contribution in [-0.2, 0) is 18.1 Å². The molecule has 0 atom stereocenters. The highest BCUT2D eigenvalue weighted by atomic mass is 16.5. The summed E-state index contributed by atoms with van der Waals surface area (Å²) in [5.41, 5.74) is 7.55. The van der Waals surface area contributed by atoms with Crippen LogP contribution in [0.2, 0.25) is 0 Å². The Labute approximate surface area is 158 Å². The molecule has 0 aliphatic heterocycles. The van der Waals surface area contributed by atoms with Gasteiger partial charge in [0.15, 0.2) is 5.82 Å². The number of carbonyl (C=O) groups is 1. The molecule has 0 unspecified atom stereocenters. The topological polar surface area (TPSA) is 112 Å². The Bertz CT molecular complexity index is 856. The second kappa shape index (κ2) is 6.44. The maximum atomic E-state index is 13.1. The van der Waals surface area contributed by atoms with E-state index in [0.29, 0.717) is 17.3 Å². The van der Waals surface area contributed by atoms with Crippen LogP contribution >= 0.6 is 0 Å². The summed E-state index contributed by atoms with van der Waals surface area (Å²) in [4.78, 5) is 17.8. The summed E-state index contributed by atoms with van der Waals surface area (Å²) < 4.78 is 7.39. The van der Waals surface area contributed by atoms with Crippen molar-refractivity contribution in [3.05, 3.63) is 28.7 Å². The molecule has 8 heteroatoms. The Hall–Kier alpha value is -2.22. The molecule has 2 aromatic heterocycles. The molecule has 8 nitrogen and oxygen atoms in total. The average molecular weight is 372 g/mol. The average Bonchev–Trinajstić information content (AvgIpc) is 3.37. The predicted molar refractivity (Wildman–Crippen MR) is 98.9 cm³/mol. The van der Waals surface area contributed by atoms with Gasteiger partial charge in [0.25, 0.3) is 11.8 Å². The van der Waals surface area contributed by atoms with Crippen LogP contribution in [0.5, 0.6) is 0 Å². The number of nitrogens with one attached hydrogen (secondary N) is 1. The van der Waals surface area contributed by atoms with E-state index in [1.54, 1.807) is 4.68 Å². The lowest BCUT2D eigenvalue weighted by atomic mass is 9.95. The summed E-state index contributed by atoms with van der Waals surface area (Å²) in [6.07, 6.45) is 7.52. The van der Waals surface area contributed by atoms with Crippen molar-refractivity contribution in [2.45, 2.75) is 76.3 Å². The van der Waals surface area contributed by atoms with Crippen LogP contribution in [0.25, 0.3) is 0 Å².